The topological polar surface area (TPSA) is 80.6 Å². The molecule has 1 amide bonds. The van der Waals surface area contributed by atoms with Gasteiger partial charge in [0, 0.05) is 17.3 Å². The van der Waals surface area contributed by atoms with Crippen LogP contribution in [0, 0.1) is 6.92 Å². The van der Waals surface area contributed by atoms with Crippen molar-refractivity contribution >= 4 is 35.4 Å². The van der Waals surface area contributed by atoms with Gasteiger partial charge in [-0.3, -0.25) is 4.79 Å². The van der Waals surface area contributed by atoms with Crippen molar-refractivity contribution in [3.8, 4) is 11.3 Å². The highest BCUT2D eigenvalue weighted by Gasteiger charge is 2.27. The first-order valence-electron chi connectivity index (χ1n) is 10.3. The van der Waals surface area contributed by atoms with E-state index in [1.165, 1.54) is 24.4 Å². The highest BCUT2D eigenvalue weighted by atomic mass is 32.2. The van der Waals surface area contributed by atoms with E-state index in [2.05, 4.69) is 29.7 Å². The molecule has 0 aliphatic carbocycles. The summed E-state index contributed by atoms with van der Waals surface area (Å²) in [6.07, 6.45) is 2.73. The monoisotopic (exact) mass is 448 g/mol. The molecular weight excluding hydrogens is 424 g/mol. The third-order valence-corrected chi connectivity index (χ3v) is 6.23. The second-order valence-corrected chi connectivity index (χ2v) is 8.54. The number of nitrogens with one attached hydrogen (secondary N) is 2. The average Bonchev–Trinajstić information content (AvgIpc) is 3.40. The number of thioether (sulfide) groups is 1. The molecule has 4 rings (SSSR count). The number of hydrogen-bond donors (Lipinski definition) is 2. The van der Waals surface area contributed by atoms with E-state index in [0.29, 0.717) is 22.0 Å². The molecule has 0 unspecified atom stereocenters. The van der Waals surface area contributed by atoms with Crippen LogP contribution in [0.1, 0.15) is 34.2 Å². The third kappa shape index (κ3) is 4.73. The van der Waals surface area contributed by atoms with Gasteiger partial charge in [-0.15, -0.1) is 0 Å². The smallest absolute Gasteiger partial charge is 0.337 e. The number of carbonyl (C=O) groups excluding carboxylic acids is 2. The minimum Gasteiger partial charge on any atom is -0.465 e. The Morgan fingerprint density at radius 2 is 1.97 bits per heavy atom. The lowest BCUT2D eigenvalue weighted by Crippen LogP contribution is -2.30. The van der Waals surface area contributed by atoms with Crippen molar-refractivity contribution in [2.45, 2.75) is 25.8 Å². The predicted octanol–water partition coefficient (Wildman–Crippen LogP) is 5.20. The van der Waals surface area contributed by atoms with E-state index in [1.54, 1.807) is 18.2 Å². The molecule has 0 radical (unpaired) electrons. The van der Waals surface area contributed by atoms with Gasteiger partial charge in [-0.2, -0.15) is 0 Å². The van der Waals surface area contributed by atoms with Crippen molar-refractivity contribution in [3.63, 3.8) is 0 Å². The van der Waals surface area contributed by atoms with Crippen LogP contribution in [-0.2, 0) is 16.0 Å². The van der Waals surface area contributed by atoms with Gasteiger partial charge in [-0.1, -0.05) is 36.9 Å². The summed E-state index contributed by atoms with van der Waals surface area (Å²) >= 11 is 1.41. The van der Waals surface area contributed by atoms with Gasteiger partial charge in [0.25, 0.3) is 5.91 Å². The zero-order chi connectivity index (χ0) is 22.7. The SMILES string of the molecule is CCc1ccc(N[C@@H]2NC(=O)/C(=C/c3ccc(-c4ccc(C(=O)OC)cc4C)o3)S2)cc1. The second-order valence-electron chi connectivity index (χ2n) is 7.40. The fourth-order valence-corrected chi connectivity index (χ4v) is 4.41. The van der Waals surface area contributed by atoms with E-state index in [4.69, 9.17) is 9.15 Å². The maximum atomic E-state index is 12.4. The number of ether oxygens (including phenoxy) is 1. The summed E-state index contributed by atoms with van der Waals surface area (Å²) in [6.45, 7) is 4.03. The minimum atomic E-state index is -0.377. The number of anilines is 1. The van der Waals surface area contributed by atoms with Gasteiger partial charge in [-0.25, -0.2) is 4.79 Å². The number of carbonyl (C=O) groups is 2. The first-order chi connectivity index (χ1) is 15.5. The molecule has 7 heteroatoms. The van der Waals surface area contributed by atoms with Crippen molar-refractivity contribution < 1.29 is 18.7 Å². The number of rotatable bonds is 6. The molecule has 3 aromatic rings. The Bertz CT molecular complexity index is 1180. The molecule has 2 N–H and O–H groups in total. The highest BCUT2D eigenvalue weighted by molar-refractivity contribution is 8.05. The van der Waals surface area contributed by atoms with Crippen molar-refractivity contribution in [3.05, 3.63) is 82.0 Å². The lowest BCUT2D eigenvalue weighted by molar-refractivity contribution is -0.116. The molecule has 32 heavy (non-hydrogen) atoms. The molecule has 1 fully saturated rings. The Balaban J connectivity index is 1.47. The van der Waals surface area contributed by atoms with Crippen LogP contribution >= 0.6 is 11.8 Å². The number of furan rings is 1. The molecule has 1 aromatic heterocycles. The molecule has 6 nitrogen and oxygen atoms in total. The summed E-state index contributed by atoms with van der Waals surface area (Å²) in [5.41, 5.74) is 4.23. The van der Waals surface area contributed by atoms with Gasteiger partial charge < -0.3 is 19.8 Å². The van der Waals surface area contributed by atoms with Gasteiger partial charge in [0.2, 0.25) is 0 Å². The maximum Gasteiger partial charge on any atom is 0.337 e. The predicted molar refractivity (Wildman–Crippen MR) is 127 cm³/mol. The summed E-state index contributed by atoms with van der Waals surface area (Å²) in [5, 5.41) is 6.25. The largest absolute Gasteiger partial charge is 0.465 e. The van der Waals surface area contributed by atoms with E-state index in [-0.39, 0.29) is 17.4 Å². The number of benzene rings is 2. The molecule has 2 heterocycles. The molecule has 1 aliphatic rings. The summed E-state index contributed by atoms with van der Waals surface area (Å²) < 4.78 is 10.7. The standard InChI is InChI=1S/C25H24N2O4S/c1-4-16-5-8-18(9-6-16)26-25-27-23(28)22(32-25)14-19-10-12-21(31-19)20-11-7-17(13-15(20)2)24(29)30-3/h5-14,25-26H,4H2,1-3H3,(H,27,28)/b22-14-/t25-/m1/s1. The van der Waals surface area contributed by atoms with Gasteiger partial charge in [-0.05, 0) is 60.9 Å². The third-order valence-electron chi connectivity index (χ3n) is 5.20. The van der Waals surface area contributed by atoms with Crippen molar-refractivity contribution in [2.24, 2.45) is 0 Å². The first-order valence-corrected chi connectivity index (χ1v) is 11.2. The average molecular weight is 449 g/mol. The van der Waals surface area contributed by atoms with Crippen LogP contribution in [0.3, 0.4) is 0 Å². The van der Waals surface area contributed by atoms with Crippen LogP contribution in [-0.4, -0.2) is 24.5 Å². The van der Waals surface area contributed by atoms with E-state index >= 15 is 0 Å². The Labute approximate surface area is 191 Å². The molecule has 0 saturated carbocycles. The lowest BCUT2D eigenvalue weighted by Gasteiger charge is -2.12. The molecule has 0 bridgehead atoms. The molecule has 1 aliphatic heterocycles. The zero-order valence-corrected chi connectivity index (χ0v) is 18.9. The van der Waals surface area contributed by atoms with Crippen molar-refractivity contribution in [1.29, 1.82) is 0 Å². The fraction of sp³-hybridized carbons (Fsp3) is 0.200. The van der Waals surface area contributed by atoms with Crippen LogP contribution < -0.4 is 10.6 Å². The minimum absolute atomic E-state index is 0.144. The Kier molecular flexibility index (Phi) is 6.37. The van der Waals surface area contributed by atoms with Gasteiger partial charge >= 0.3 is 5.97 Å². The van der Waals surface area contributed by atoms with Gasteiger partial charge in [0.05, 0.1) is 17.6 Å². The van der Waals surface area contributed by atoms with Crippen LogP contribution in [0.2, 0.25) is 0 Å². The van der Waals surface area contributed by atoms with E-state index in [1.807, 2.05) is 37.3 Å². The molecule has 1 atom stereocenters. The van der Waals surface area contributed by atoms with Crippen molar-refractivity contribution in [1.82, 2.24) is 5.32 Å². The maximum absolute atomic E-state index is 12.4. The summed E-state index contributed by atoms with van der Waals surface area (Å²) in [5.74, 6) is 0.731. The Hall–Kier alpha value is -3.45. The fourth-order valence-electron chi connectivity index (χ4n) is 3.44. The summed E-state index contributed by atoms with van der Waals surface area (Å²) in [6, 6.07) is 17.2. The zero-order valence-electron chi connectivity index (χ0n) is 18.1. The number of amides is 1. The van der Waals surface area contributed by atoms with Crippen molar-refractivity contribution in [2.75, 3.05) is 12.4 Å². The number of aryl methyl sites for hydroxylation is 2. The Morgan fingerprint density at radius 1 is 1.19 bits per heavy atom. The van der Waals surface area contributed by atoms with Crippen LogP contribution in [0.15, 0.2) is 63.9 Å². The molecule has 1 saturated heterocycles. The molecule has 2 aromatic carbocycles. The van der Waals surface area contributed by atoms with E-state index in [9.17, 15) is 9.59 Å². The number of methoxy groups -OCH3 is 1. The lowest BCUT2D eigenvalue weighted by atomic mass is 10.0. The highest BCUT2D eigenvalue weighted by Crippen LogP contribution is 2.32. The number of esters is 1. The van der Waals surface area contributed by atoms with Gasteiger partial charge in [0.15, 0.2) is 5.50 Å². The summed E-state index contributed by atoms with van der Waals surface area (Å²) in [7, 11) is 1.36. The number of hydrogen-bond acceptors (Lipinski definition) is 6. The molecule has 0 spiro atoms. The van der Waals surface area contributed by atoms with Crippen LogP contribution in [0.25, 0.3) is 17.4 Å². The van der Waals surface area contributed by atoms with Gasteiger partial charge in [0.1, 0.15) is 11.5 Å². The second kappa shape index (κ2) is 9.36. The van der Waals surface area contributed by atoms with Crippen LogP contribution in [0.4, 0.5) is 5.69 Å². The van der Waals surface area contributed by atoms with E-state index < -0.39 is 0 Å². The molecular formula is C25H24N2O4S. The summed E-state index contributed by atoms with van der Waals surface area (Å²) in [4.78, 5) is 24.7. The Morgan fingerprint density at radius 3 is 2.66 bits per heavy atom. The normalized spacial score (nSPS) is 16.8. The molecule has 164 valence electrons. The first kappa shape index (κ1) is 21.8. The van der Waals surface area contributed by atoms with Crippen LogP contribution in [0.5, 0.6) is 0 Å². The quantitative estimate of drug-likeness (QED) is 0.398. The van der Waals surface area contributed by atoms with E-state index in [0.717, 1.165) is 23.2 Å².